The third kappa shape index (κ3) is 3.69. The van der Waals surface area contributed by atoms with Crippen LogP contribution in [-0.4, -0.2) is 25.2 Å². The Morgan fingerprint density at radius 3 is 2.76 bits per heavy atom. The number of aromatic nitrogens is 2. The van der Waals surface area contributed by atoms with Crippen LogP contribution in [-0.2, 0) is 23.0 Å². The molecule has 1 aromatic heterocycles. The van der Waals surface area contributed by atoms with Gasteiger partial charge in [0.25, 0.3) is 10.0 Å². The molecule has 0 bridgehead atoms. The highest BCUT2D eigenvalue weighted by atomic mass is 32.2. The van der Waals surface area contributed by atoms with Crippen LogP contribution in [0.5, 0.6) is 0 Å². The lowest BCUT2D eigenvalue weighted by Crippen LogP contribution is -2.27. The first kappa shape index (κ1) is 15.7. The lowest BCUT2D eigenvalue weighted by Gasteiger charge is -2.07. The van der Waals surface area contributed by atoms with Gasteiger partial charge < -0.3 is 5.73 Å². The van der Waals surface area contributed by atoms with E-state index in [-0.39, 0.29) is 11.6 Å². The molecule has 0 amide bonds. The summed E-state index contributed by atoms with van der Waals surface area (Å²) in [6.45, 7) is 4.22. The van der Waals surface area contributed by atoms with Crippen molar-refractivity contribution in [1.82, 2.24) is 14.9 Å². The summed E-state index contributed by atoms with van der Waals surface area (Å²) < 4.78 is 27.0. The Balaban J connectivity index is 2.05. The van der Waals surface area contributed by atoms with E-state index in [9.17, 15) is 8.42 Å². The summed E-state index contributed by atoms with van der Waals surface area (Å²) in [5.41, 5.74) is 9.03. The number of benzene rings is 1. The number of H-pyrrole nitrogens is 1. The first-order valence-electron chi connectivity index (χ1n) is 6.73. The average Bonchev–Trinajstić information content (AvgIpc) is 2.80. The van der Waals surface area contributed by atoms with Gasteiger partial charge in [-0.15, -0.1) is 0 Å². The summed E-state index contributed by atoms with van der Waals surface area (Å²) in [6, 6.07) is 7.99. The van der Waals surface area contributed by atoms with Crippen LogP contribution < -0.4 is 10.5 Å². The van der Waals surface area contributed by atoms with Crippen LogP contribution in [0.3, 0.4) is 0 Å². The summed E-state index contributed by atoms with van der Waals surface area (Å²) in [6.07, 6.45) is 0.627. The van der Waals surface area contributed by atoms with Gasteiger partial charge in [-0.2, -0.15) is 5.10 Å². The molecule has 1 aromatic carbocycles. The number of aromatic amines is 1. The Bertz CT molecular complexity index is 722. The maximum absolute atomic E-state index is 12.2. The first-order valence-corrected chi connectivity index (χ1v) is 8.21. The van der Waals surface area contributed by atoms with Crippen LogP contribution >= 0.6 is 0 Å². The Kier molecular flexibility index (Phi) is 4.76. The van der Waals surface area contributed by atoms with Gasteiger partial charge in [0, 0.05) is 24.3 Å². The monoisotopic (exact) mass is 308 g/mol. The van der Waals surface area contributed by atoms with E-state index in [0.717, 1.165) is 11.1 Å². The second-order valence-electron chi connectivity index (χ2n) is 4.97. The lowest BCUT2D eigenvalue weighted by atomic mass is 10.1. The molecule has 0 aliphatic heterocycles. The molecule has 0 saturated heterocycles. The standard InChI is InChI=1S/C14H20N4O2S/c1-10-4-3-5-12(8-10)6-7-16-21(19,20)14-13(9-15)11(2)17-18-14/h3-5,8,16H,6-7,9,15H2,1-2H3,(H,17,18). The van der Waals surface area contributed by atoms with E-state index < -0.39 is 10.0 Å². The van der Waals surface area contributed by atoms with Gasteiger partial charge >= 0.3 is 0 Å². The molecule has 0 aliphatic rings. The zero-order valence-corrected chi connectivity index (χ0v) is 13.0. The minimum absolute atomic E-state index is 0.00765. The van der Waals surface area contributed by atoms with Gasteiger partial charge in [0.1, 0.15) is 0 Å². The second-order valence-corrected chi connectivity index (χ2v) is 6.66. The molecule has 0 radical (unpaired) electrons. The lowest BCUT2D eigenvalue weighted by molar-refractivity contribution is 0.576. The number of nitrogens with zero attached hydrogens (tertiary/aromatic N) is 1. The smallest absolute Gasteiger partial charge is 0.260 e. The van der Waals surface area contributed by atoms with Crippen molar-refractivity contribution < 1.29 is 8.42 Å². The van der Waals surface area contributed by atoms with Gasteiger partial charge in [-0.05, 0) is 25.8 Å². The minimum Gasteiger partial charge on any atom is -0.326 e. The highest BCUT2D eigenvalue weighted by Gasteiger charge is 2.22. The number of rotatable bonds is 6. The third-order valence-electron chi connectivity index (χ3n) is 3.28. The maximum atomic E-state index is 12.2. The van der Waals surface area contributed by atoms with Crippen molar-refractivity contribution in [3.05, 3.63) is 46.6 Å². The van der Waals surface area contributed by atoms with Crippen molar-refractivity contribution in [2.24, 2.45) is 5.73 Å². The Hall–Kier alpha value is -1.70. The molecule has 6 nitrogen and oxygen atoms in total. The summed E-state index contributed by atoms with van der Waals surface area (Å²) in [7, 11) is -3.63. The topological polar surface area (TPSA) is 101 Å². The van der Waals surface area contributed by atoms with Crippen LogP contribution in [0.15, 0.2) is 29.3 Å². The molecule has 114 valence electrons. The molecule has 0 unspecified atom stereocenters. The van der Waals surface area contributed by atoms with Crippen LogP contribution in [0.2, 0.25) is 0 Å². The summed E-state index contributed by atoms with van der Waals surface area (Å²) in [5, 5.41) is 6.50. The number of aryl methyl sites for hydroxylation is 2. The van der Waals surface area contributed by atoms with Gasteiger partial charge in [-0.3, -0.25) is 5.10 Å². The van der Waals surface area contributed by atoms with Crippen molar-refractivity contribution in [3.8, 4) is 0 Å². The van der Waals surface area contributed by atoms with E-state index in [1.54, 1.807) is 6.92 Å². The molecule has 0 atom stereocenters. The maximum Gasteiger partial charge on any atom is 0.260 e. The van der Waals surface area contributed by atoms with Gasteiger partial charge in [-0.25, -0.2) is 13.1 Å². The highest BCUT2D eigenvalue weighted by molar-refractivity contribution is 7.89. The van der Waals surface area contributed by atoms with E-state index >= 15 is 0 Å². The molecule has 0 fully saturated rings. The van der Waals surface area contributed by atoms with E-state index in [1.807, 2.05) is 31.2 Å². The number of hydrogen-bond donors (Lipinski definition) is 3. The van der Waals surface area contributed by atoms with Gasteiger partial charge in [0.2, 0.25) is 0 Å². The quantitative estimate of drug-likeness (QED) is 0.741. The van der Waals surface area contributed by atoms with Crippen molar-refractivity contribution in [3.63, 3.8) is 0 Å². The number of nitrogens with one attached hydrogen (secondary N) is 2. The van der Waals surface area contributed by atoms with E-state index in [2.05, 4.69) is 14.9 Å². The second kappa shape index (κ2) is 6.38. The van der Waals surface area contributed by atoms with Gasteiger partial charge in [-0.1, -0.05) is 29.8 Å². The summed E-state index contributed by atoms with van der Waals surface area (Å²) in [5.74, 6) is 0. The largest absolute Gasteiger partial charge is 0.326 e. The van der Waals surface area contributed by atoms with E-state index in [1.165, 1.54) is 0 Å². The molecule has 7 heteroatoms. The molecule has 21 heavy (non-hydrogen) atoms. The molecular weight excluding hydrogens is 288 g/mol. The van der Waals surface area contributed by atoms with Crippen LogP contribution in [0, 0.1) is 13.8 Å². The molecule has 1 heterocycles. The van der Waals surface area contributed by atoms with Crippen molar-refractivity contribution in [2.75, 3.05) is 6.54 Å². The third-order valence-corrected chi connectivity index (χ3v) is 4.71. The molecule has 0 spiro atoms. The van der Waals surface area contributed by atoms with Crippen molar-refractivity contribution in [1.29, 1.82) is 0 Å². The Morgan fingerprint density at radius 1 is 1.33 bits per heavy atom. The van der Waals surface area contributed by atoms with E-state index in [4.69, 9.17) is 5.73 Å². The van der Waals surface area contributed by atoms with Crippen LogP contribution in [0.25, 0.3) is 0 Å². The number of sulfonamides is 1. The number of nitrogens with two attached hydrogens (primary N) is 1. The van der Waals surface area contributed by atoms with Crippen LogP contribution in [0.4, 0.5) is 0 Å². The Labute approximate surface area is 124 Å². The first-order chi connectivity index (χ1) is 9.94. The molecule has 2 aromatic rings. The molecular formula is C14H20N4O2S. The number of hydrogen-bond acceptors (Lipinski definition) is 4. The normalized spacial score (nSPS) is 11.8. The fourth-order valence-corrected chi connectivity index (χ4v) is 3.39. The zero-order chi connectivity index (χ0) is 15.5. The van der Waals surface area contributed by atoms with E-state index in [0.29, 0.717) is 24.2 Å². The minimum atomic E-state index is -3.63. The molecule has 2 rings (SSSR count). The van der Waals surface area contributed by atoms with Crippen LogP contribution in [0.1, 0.15) is 22.4 Å². The predicted octanol–water partition coefficient (Wildman–Crippen LogP) is 1.01. The predicted molar refractivity (Wildman–Crippen MR) is 81.3 cm³/mol. The SMILES string of the molecule is Cc1cccc(CCNS(=O)(=O)c2n[nH]c(C)c2CN)c1. The van der Waals surface area contributed by atoms with Crippen molar-refractivity contribution >= 4 is 10.0 Å². The molecule has 0 aliphatic carbocycles. The Morgan fingerprint density at radius 2 is 2.10 bits per heavy atom. The highest BCUT2D eigenvalue weighted by Crippen LogP contribution is 2.15. The molecule has 4 N–H and O–H groups in total. The fraction of sp³-hybridized carbons (Fsp3) is 0.357. The molecule has 0 saturated carbocycles. The van der Waals surface area contributed by atoms with Gasteiger partial charge in [0.05, 0.1) is 0 Å². The average molecular weight is 308 g/mol. The zero-order valence-electron chi connectivity index (χ0n) is 12.2. The van der Waals surface area contributed by atoms with Crippen molar-refractivity contribution in [2.45, 2.75) is 31.8 Å². The fourth-order valence-electron chi connectivity index (χ4n) is 2.16. The summed E-state index contributed by atoms with van der Waals surface area (Å²) in [4.78, 5) is 0. The van der Waals surface area contributed by atoms with Gasteiger partial charge in [0.15, 0.2) is 5.03 Å². The summed E-state index contributed by atoms with van der Waals surface area (Å²) >= 11 is 0.